The molecular weight excluding hydrogens is 449 g/mol. The van der Waals surface area contributed by atoms with Crippen molar-refractivity contribution >= 4 is 26.2 Å². The lowest BCUT2D eigenvalue weighted by atomic mass is 9.63. The summed E-state index contributed by atoms with van der Waals surface area (Å²) in [6.07, 6.45) is 0.745. The molecule has 1 aliphatic heterocycles. The molecule has 4 nitrogen and oxygen atoms in total. The van der Waals surface area contributed by atoms with Crippen molar-refractivity contribution in [2.75, 3.05) is 6.61 Å². The standard InChI is InChI=1S/C29H46BNO3Si/c1-21(30-33-27(5,6)28(7,8)34-30)25(18-19-32-35(10,11)26(2,3)4)29(9,31)24-17-16-22-14-12-13-15-23(22)20-24/h12-17,20,25H,1,18-19,31H2,2-11H3/t25-,29-/m0/s1. The van der Waals surface area contributed by atoms with E-state index in [-0.39, 0.29) is 11.0 Å². The van der Waals surface area contributed by atoms with Crippen molar-refractivity contribution in [1.29, 1.82) is 0 Å². The smallest absolute Gasteiger partial charge is 0.417 e. The van der Waals surface area contributed by atoms with Gasteiger partial charge in [0.15, 0.2) is 8.32 Å². The van der Waals surface area contributed by atoms with Crippen molar-refractivity contribution in [1.82, 2.24) is 0 Å². The monoisotopic (exact) mass is 495 g/mol. The van der Waals surface area contributed by atoms with Crippen molar-refractivity contribution in [3.05, 3.63) is 60.1 Å². The molecule has 2 aromatic carbocycles. The molecule has 0 unspecified atom stereocenters. The van der Waals surface area contributed by atoms with Crippen LogP contribution in [-0.4, -0.2) is 33.2 Å². The normalized spacial score (nSPS) is 20.6. The lowest BCUT2D eigenvalue weighted by Crippen LogP contribution is -2.47. The van der Waals surface area contributed by atoms with Gasteiger partial charge in [0, 0.05) is 18.1 Å². The lowest BCUT2D eigenvalue weighted by Gasteiger charge is -2.40. The van der Waals surface area contributed by atoms with E-state index < -0.39 is 32.2 Å². The molecule has 3 rings (SSSR count). The van der Waals surface area contributed by atoms with E-state index in [1.807, 2.05) is 0 Å². The van der Waals surface area contributed by atoms with Crippen LogP contribution in [0.4, 0.5) is 0 Å². The first-order chi connectivity index (χ1) is 15.9. The Labute approximate surface area is 214 Å². The van der Waals surface area contributed by atoms with Crippen molar-refractivity contribution < 1.29 is 13.7 Å². The van der Waals surface area contributed by atoms with Crippen LogP contribution in [0.5, 0.6) is 0 Å². The first-order valence-electron chi connectivity index (χ1n) is 12.9. The Morgan fingerprint density at radius 1 is 1.00 bits per heavy atom. The summed E-state index contributed by atoms with van der Waals surface area (Å²) in [5.41, 5.74) is 7.60. The van der Waals surface area contributed by atoms with E-state index in [0.29, 0.717) is 6.61 Å². The number of hydrogen-bond acceptors (Lipinski definition) is 4. The van der Waals surface area contributed by atoms with Gasteiger partial charge in [0.05, 0.1) is 11.2 Å². The summed E-state index contributed by atoms with van der Waals surface area (Å²) in [5, 5.41) is 2.53. The van der Waals surface area contributed by atoms with E-state index in [2.05, 4.69) is 118 Å². The molecule has 2 aromatic rings. The van der Waals surface area contributed by atoms with Gasteiger partial charge in [0.25, 0.3) is 0 Å². The fourth-order valence-electron chi connectivity index (χ4n) is 4.40. The van der Waals surface area contributed by atoms with Gasteiger partial charge in [-0.15, -0.1) is 6.58 Å². The molecule has 1 heterocycles. The maximum absolute atomic E-state index is 7.20. The highest BCUT2D eigenvalue weighted by Gasteiger charge is 2.54. The minimum atomic E-state index is -1.89. The zero-order valence-corrected chi connectivity index (χ0v) is 24.6. The first-order valence-corrected chi connectivity index (χ1v) is 15.8. The van der Waals surface area contributed by atoms with E-state index in [1.54, 1.807) is 0 Å². The second-order valence-electron chi connectivity index (χ2n) is 13.0. The Morgan fingerprint density at radius 3 is 2.09 bits per heavy atom. The summed E-state index contributed by atoms with van der Waals surface area (Å²) in [5.74, 6) is -0.0943. The van der Waals surface area contributed by atoms with Crippen LogP contribution in [0, 0.1) is 5.92 Å². The SMILES string of the molecule is C=C(B1OC(C)(C)C(C)(C)O1)[C@H](CCO[Si](C)(C)C(C)(C)C)[C@@](C)(N)c1ccc2ccccc2c1. The highest BCUT2D eigenvalue weighted by molar-refractivity contribution is 6.74. The molecule has 0 spiro atoms. The Balaban J connectivity index is 1.94. The van der Waals surface area contributed by atoms with Crippen LogP contribution >= 0.6 is 0 Å². The zero-order valence-electron chi connectivity index (χ0n) is 23.6. The van der Waals surface area contributed by atoms with Crippen LogP contribution in [0.3, 0.4) is 0 Å². The minimum Gasteiger partial charge on any atom is -0.417 e. The molecule has 0 aliphatic carbocycles. The molecule has 6 heteroatoms. The van der Waals surface area contributed by atoms with Gasteiger partial charge in [0.2, 0.25) is 0 Å². The summed E-state index contributed by atoms with van der Waals surface area (Å²) < 4.78 is 19.4. The van der Waals surface area contributed by atoms with Gasteiger partial charge in [-0.25, -0.2) is 0 Å². The third kappa shape index (κ3) is 5.62. The quantitative estimate of drug-likeness (QED) is 0.393. The van der Waals surface area contributed by atoms with E-state index in [9.17, 15) is 0 Å². The molecule has 0 bridgehead atoms. The number of fused-ring (bicyclic) bond motifs is 1. The fourth-order valence-corrected chi connectivity index (χ4v) is 5.46. The van der Waals surface area contributed by atoms with Crippen molar-refractivity contribution in [2.45, 2.75) is 96.7 Å². The summed E-state index contributed by atoms with van der Waals surface area (Å²) in [7, 11) is -2.40. The lowest BCUT2D eigenvalue weighted by molar-refractivity contribution is 0.00578. The molecule has 1 fully saturated rings. The van der Waals surface area contributed by atoms with Crippen LogP contribution in [0.15, 0.2) is 54.5 Å². The summed E-state index contributed by atoms with van der Waals surface area (Å²) in [6.45, 7) is 26.9. The van der Waals surface area contributed by atoms with Crippen LogP contribution in [0.2, 0.25) is 18.1 Å². The third-order valence-corrected chi connectivity index (χ3v) is 13.3. The Hall–Kier alpha value is -1.44. The van der Waals surface area contributed by atoms with E-state index in [1.165, 1.54) is 10.8 Å². The van der Waals surface area contributed by atoms with E-state index in [4.69, 9.17) is 19.5 Å². The summed E-state index contributed by atoms with van der Waals surface area (Å²) in [4.78, 5) is 0. The van der Waals surface area contributed by atoms with Gasteiger partial charge in [-0.2, -0.15) is 0 Å². The van der Waals surface area contributed by atoms with Gasteiger partial charge in [0.1, 0.15) is 0 Å². The van der Waals surface area contributed by atoms with Gasteiger partial charge >= 0.3 is 7.12 Å². The Bertz CT molecular complexity index is 1060. The second-order valence-corrected chi connectivity index (χ2v) is 17.8. The topological polar surface area (TPSA) is 53.7 Å². The predicted molar refractivity (Wildman–Crippen MR) is 152 cm³/mol. The third-order valence-electron chi connectivity index (χ3n) is 8.77. The van der Waals surface area contributed by atoms with E-state index in [0.717, 1.165) is 17.5 Å². The number of benzene rings is 2. The largest absolute Gasteiger partial charge is 0.490 e. The van der Waals surface area contributed by atoms with Gasteiger partial charge in [-0.3, -0.25) is 0 Å². The van der Waals surface area contributed by atoms with Crippen molar-refractivity contribution in [3.63, 3.8) is 0 Å². The highest BCUT2D eigenvalue weighted by atomic mass is 28.4. The van der Waals surface area contributed by atoms with Crippen molar-refractivity contribution in [2.24, 2.45) is 11.7 Å². The van der Waals surface area contributed by atoms with Crippen LogP contribution in [-0.2, 0) is 19.3 Å². The van der Waals surface area contributed by atoms with Gasteiger partial charge in [-0.05, 0) is 87.0 Å². The molecule has 0 radical (unpaired) electrons. The minimum absolute atomic E-state index is 0.0943. The Morgan fingerprint density at radius 2 is 1.54 bits per heavy atom. The molecule has 0 saturated carbocycles. The fraction of sp³-hybridized carbons (Fsp3) is 0.586. The predicted octanol–water partition coefficient (Wildman–Crippen LogP) is 7.23. The first kappa shape index (κ1) is 28.1. The van der Waals surface area contributed by atoms with Gasteiger partial charge in [-0.1, -0.05) is 57.2 Å². The average molecular weight is 496 g/mol. The highest BCUT2D eigenvalue weighted by Crippen LogP contribution is 2.44. The molecule has 0 aromatic heterocycles. The molecule has 0 amide bonds. The second kappa shape index (κ2) is 9.46. The van der Waals surface area contributed by atoms with Crippen LogP contribution in [0.25, 0.3) is 10.8 Å². The van der Waals surface area contributed by atoms with Crippen LogP contribution < -0.4 is 5.73 Å². The number of hydrogen-bond donors (Lipinski definition) is 1. The maximum Gasteiger partial charge on any atom is 0.490 e. The van der Waals surface area contributed by atoms with Crippen molar-refractivity contribution in [3.8, 4) is 0 Å². The summed E-state index contributed by atoms with van der Waals surface area (Å²) in [6, 6.07) is 14.9. The molecule has 1 aliphatic rings. The molecule has 35 heavy (non-hydrogen) atoms. The molecule has 1 saturated heterocycles. The maximum atomic E-state index is 7.20. The molecule has 2 N–H and O–H groups in total. The average Bonchev–Trinajstić information content (AvgIpc) is 2.96. The van der Waals surface area contributed by atoms with E-state index >= 15 is 0 Å². The molecular formula is C29H46BNO3Si. The molecule has 192 valence electrons. The Kier molecular flexibility index (Phi) is 7.60. The molecule has 2 atom stereocenters. The van der Waals surface area contributed by atoms with Crippen LogP contribution in [0.1, 0.15) is 67.4 Å². The van der Waals surface area contributed by atoms with Gasteiger partial charge < -0.3 is 19.5 Å². The number of rotatable bonds is 8. The summed E-state index contributed by atoms with van der Waals surface area (Å²) >= 11 is 0. The zero-order chi connectivity index (χ0) is 26.4. The number of nitrogens with two attached hydrogens (primary N) is 1.